The van der Waals surface area contributed by atoms with Crippen LogP contribution in [0.2, 0.25) is 0 Å². The van der Waals surface area contributed by atoms with Crippen molar-refractivity contribution >= 4 is 10.1 Å². The molecule has 0 rings (SSSR count). The molecule has 29 heavy (non-hydrogen) atoms. The first kappa shape index (κ1) is 32.1. The van der Waals surface area contributed by atoms with E-state index in [2.05, 4.69) is 6.92 Å². The predicted octanol–water partition coefficient (Wildman–Crippen LogP) is 3.72. The van der Waals surface area contributed by atoms with Crippen LogP contribution in [-0.2, 0) is 10.1 Å². The number of hydrogen-bond acceptors (Lipinski definition) is 4. The molecule has 0 spiro atoms. The molecule has 0 bridgehead atoms. The van der Waals surface area contributed by atoms with Gasteiger partial charge in [-0.2, -0.15) is 0 Å². The average Bonchev–Trinajstić information content (AvgIpc) is 2.65. The van der Waals surface area contributed by atoms with E-state index in [1.54, 1.807) is 6.92 Å². The summed E-state index contributed by atoms with van der Waals surface area (Å²) in [5.74, 6) is 0. The van der Waals surface area contributed by atoms with Crippen LogP contribution < -0.4 is 29.6 Å². The van der Waals surface area contributed by atoms with Crippen LogP contribution >= 0.6 is 0 Å². The summed E-state index contributed by atoms with van der Waals surface area (Å²) in [4.78, 5) is 0. The van der Waals surface area contributed by atoms with Gasteiger partial charge in [0.1, 0.15) is 0 Å². The monoisotopic (exact) mass is 442 g/mol. The van der Waals surface area contributed by atoms with Crippen molar-refractivity contribution in [3.05, 3.63) is 0 Å². The molecule has 0 aromatic carbocycles. The molecule has 0 aliphatic carbocycles. The molecule has 4 nitrogen and oxygen atoms in total. The maximum Gasteiger partial charge on any atom is 1.00 e. The normalized spacial score (nSPS) is 13.8. The van der Waals surface area contributed by atoms with Gasteiger partial charge in [0, 0.05) is 0 Å². The van der Waals surface area contributed by atoms with Gasteiger partial charge in [-0.25, -0.2) is 8.42 Å². The molecule has 0 aromatic heterocycles. The summed E-state index contributed by atoms with van der Waals surface area (Å²) in [5.41, 5.74) is 0. The molecule has 6 heteroatoms. The predicted molar refractivity (Wildman–Crippen MR) is 119 cm³/mol. The van der Waals surface area contributed by atoms with Crippen LogP contribution in [0.15, 0.2) is 0 Å². The molecule has 0 aliphatic rings. The van der Waals surface area contributed by atoms with Gasteiger partial charge >= 0.3 is 29.6 Å². The van der Waals surface area contributed by atoms with E-state index in [0.29, 0.717) is 12.8 Å². The number of hydrogen-bond donors (Lipinski definition) is 1. The molecule has 0 fully saturated rings. The van der Waals surface area contributed by atoms with Crippen LogP contribution in [0.3, 0.4) is 0 Å². The number of unbranched alkanes of at least 4 members (excludes halogenated alkanes) is 15. The van der Waals surface area contributed by atoms with E-state index in [-0.39, 0.29) is 36.0 Å². The molecular weight excluding hydrogens is 395 g/mol. The fourth-order valence-electron chi connectivity index (χ4n) is 3.77. The summed E-state index contributed by atoms with van der Waals surface area (Å²) in [6, 6.07) is 0. The van der Waals surface area contributed by atoms with E-state index in [4.69, 9.17) is 0 Å². The Morgan fingerprint density at radius 3 is 1.34 bits per heavy atom. The zero-order valence-corrected chi connectivity index (χ0v) is 22.5. The molecule has 0 aromatic rings. The molecule has 2 unspecified atom stereocenters. The Balaban J connectivity index is 0. The second kappa shape index (κ2) is 22.1. The van der Waals surface area contributed by atoms with Crippen LogP contribution in [0.5, 0.6) is 0 Å². The maximum absolute atomic E-state index is 11.3. The molecule has 2 atom stereocenters. The Morgan fingerprint density at radius 2 is 1.03 bits per heavy atom. The fraction of sp³-hybridized carbons (Fsp3) is 1.00. The van der Waals surface area contributed by atoms with Gasteiger partial charge in [0.2, 0.25) is 0 Å². The number of rotatable bonds is 21. The third-order valence-electron chi connectivity index (χ3n) is 5.79. The third-order valence-corrected chi connectivity index (χ3v) is 7.04. The average molecular weight is 443 g/mol. The first-order valence-corrected chi connectivity index (χ1v) is 13.5. The molecule has 0 saturated carbocycles. The standard InChI is InChI=1S/C23H48O4S.Na/c1-3-5-6-7-8-9-10-11-12-13-14-15-16-17-18-19-20-23(28(25,26)27)21-22(24)4-2;/h22-24H,3-21H2,1-2H3,(H,25,26,27);/q;+1/p-1. The molecule has 0 saturated heterocycles. The van der Waals surface area contributed by atoms with E-state index >= 15 is 0 Å². The first-order chi connectivity index (χ1) is 13.4. The summed E-state index contributed by atoms with van der Waals surface area (Å²) in [5, 5.41) is 8.70. The molecule has 0 amide bonds. The van der Waals surface area contributed by atoms with E-state index in [0.717, 1.165) is 19.3 Å². The van der Waals surface area contributed by atoms with Gasteiger partial charge in [-0.05, 0) is 19.3 Å². The van der Waals surface area contributed by atoms with Crippen molar-refractivity contribution in [1.82, 2.24) is 0 Å². The zero-order chi connectivity index (χ0) is 21.1. The van der Waals surface area contributed by atoms with E-state index in [1.807, 2.05) is 0 Å². The molecular formula is C23H47NaO4S. The molecule has 0 heterocycles. The summed E-state index contributed by atoms with van der Waals surface area (Å²) in [6.07, 6.45) is 20.7. The number of aliphatic hydroxyl groups is 1. The van der Waals surface area contributed by atoms with Crippen molar-refractivity contribution in [2.45, 2.75) is 147 Å². The number of aliphatic hydroxyl groups excluding tert-OH is 1. The van der Waals surface area contributed by atoms with Gasteiger partial charge in [-0.3, -0.25) is 0 Å². The second-order valence-corrected chi connectivity index (χ2v) is 10.2. The first-order valence-electron chi connectivity index (χ1n) is 12.0. The van der Waals surface area contributed by atoms with Crippen molar-refractivity contribution < 1.29 is 47.6 Å². The molecule has 0 aliphatic heterocycles. The minimum atomic E-state index is -4.30. The van der Waals surface area contributed by atoms with Crippen LogP contribution in [0.1, 0.15) is 136 Å². The van der Waals surface area contributed by atoms with Crippen molar-refractivity contribution in [2.75, 3.05) is 0 Å². The maximum atomic E-state index is 11.3. The Hall–Kier alpha value is 0.870. The van der Waals surface area contributed by atoms with E-state index in [1.165, 1.54) is 83.5 Å². The summed E-state index contributed by atoms with van der Waals surface area (Å²) >= 11 is 0. The minimum absolute atomic E-state index is 0. The Bertz CT molecular complexity index is 429. The van der Waals surface area contributed by atoms with Crippen LogP contribution in [0, 0.1) is 0 Å². The smallest absolute Gasteiger partial charge is 0.748 e. The van der Waals surface area contributed by atoms with Crippen molar-refractivity contribution in [1.29, 1.82) is 0 Å². The van der Waals surface area contributed by atoms with Gasteiger partial charge in [-0.1, -0.05) is 117 Å². The Morgan fingerprint density at radius 1 is 0.690 bits per heavy atom. The van der Waals surface area contributed by atoms with Crippen LogP contribution in [0.25, 0.3) is 0 Å². The zero-order valence-electron chi connectivity index (χ0n) is 19.7. The van der Waals surface area contributed by atoms with Crippen molar-refractivity contribution in [3.63, 3.8) is 0 Å². The van der Waals surface area contributed by atoms with Crippen LogP contribution in [0.4, 0.5) is 0 Å². The van der Waals surface area contributed by atoms with Gasteiger partial charge in [0.15, 0.2) is 0 Å². The SMILES string of the molecule is CCCCCCCCCCCCCCCCCCC(CC(O)CC)S(=O)(=O)[O-].[Na+]. The van der Waals surface area contributed by atoms with Crippen molar-refractivity contribution in [2.24, 2.45) is 0 Å². The third kappa shape index (κ3) is 21.9. The molecule has 0 radical (unpaired) electrons. The topological polar surface area (TPSA) is 77.4 Å². The van der Waals surface area contributed by atoms with Gasteiger partial charge < -0.3 is 9.66 Å². The minimum Gasteiger partial charge on any atom is -0.748 e. The molecule has 1 N–H and O–H groups in total. The fourth-order valence-corrected chi connectivity index (χ4v) is 4.68. The largest absolute Gasteiger partial charge is 1.00 e. The van der Waals surface area contributed by atoms with E-state index in [9.17, 15) is 18.1 Å². The van der Waals surface area contributed by atoms with Gasteiger partial charge in [-0.15, -0.1) is 0 Å². The molecule has 170 valence electrons. The Labute approximate surface area is 204 Å². The van der Waals surface area contributed by atoms with Crippen LogP contribution in [-0.4, -0.2) is 29.4 Å². The van der Waals surface area contributed by atoms with E-state index < -0.39 is 21.5 Å². The second-order valence-electron chi connectivity index (χ2n) is 8.50. The van der Waals surface area contributed by atoms with Crippen molar-refractivity contribution in [3.8, 4) is 0 Å². The van der Waals surface area contributed by atoms with Gasteiger partial charge in [0.05, 0.1) is 21.5 Å². The summed E-state index contributed by atoms with van der Waals surface area (Å²) < 4.78 is 33.9. The van der Waals surface area contributed by atoms with Gasteiger partial charge in [0.25, 0.3) is 0 Å². The quantitative estimate of drug-likeness (QED) is 0.167. The summed E-state index contributed by atoms with van der Waals surface area (Å²) in [7, 11) is -4.30. The Kier molecular flexibility index (Phi) is 24.4. The summed E-state index contributed by atoms with van der Waals surface area (Å²) in [6.45, 7) is 4.06.